The van der Waals surface area contributed by atoms with Crippen LogP contribution in [-0.4, -0.2) is 6.54 Å². The molecule has 0 aromatic heterocycles. The molecule has 1 aliphatic rings. The lowest BCUT2D eigenvalue weighted by molar-refractivity contribution is 0.371. The van der Waals surface area contributed by atoms with E-state index in [2.05, 4.69) is 25.2 Å². The molecule has 0 saturated heterocycles. The Bertz CT molecular complexity index is 334. The largest absolute Gasteiger partial charge is 0.384 e. The predicted octanol–water partition coefficient (Wildman–Crippen LogP) is 3.81. The summed E-state index contributed by atoms with van der Waals surface area (Å²) in [5, 5.41) is 3.34. The van der Waals surface area contributed by atoms with Crippen LogP contribution in [0.2, 0.25) is 0 Å². The van der Waals surface area contributed by atoms with Crippen LogP contribution < -0.4 is 5.32 Å². The van der Waals surface area contributed by atoms with Gasteiger partial charge in [0.15, 0.2) is 0 Å². The minimum Gasteiger partial charge on any atom is -0.384 e. The van der Waals surface area contributed by atoms with Crippen molar-refractivity contribution < 1.29 is 4.39 Å². The third kappa shape index (κ3) is 1.85. The van der Waals surface area contributed by atoms with Crippen molar-refractivity contribution in [2.75, 3.05) is 11.9 Å². The highest BCUT2D eigenvalue weighted by molar-refractivity contribution is 5.60. The highest BCUT2D eigenvalue weighted by atomic mass is 19.1. The topological polar surface area (TPSA) is 12.0 Å². The number of alkyl halides is 1. The van der Waals surface area contributed by atoms with Crippen molar-refractivity contribution >= 4 is 5.69 Å². The van der Waals surface area contributed by atoms with Crippen molar-refractivity contribution in [1.29, 1.82) is 0 Å². The molecule has 1 heterocycles. The van der Waals surface area contributed by atoms with Crippen molar-refractivity contribution in [3.8, 4) is 0 Å². The van der Waals surface area contributed by atoms with Gasteiger partial charge in [-0.05, 0) is 42.0 Å². The first-order chi connectivity index (χ1) is 7.09. The predicted molar refractivity (Wildman–Crippen MR) is 62.2 cm³/mol. The highest BCUT2D eigenvalue weighted by Crippen LogP contribution is 2.34. The van der Waals surface area contributed by atoms with E-state index in [1.54, 1.807) is 6.92 Å². The van der Waals surface area contributed by atoms with Gasteiger partial charge in [-0.2, -0.15) is 0 Å². The quantitative estimate of drug-likeness (QED) is 0.777. The average Bonchev–Trinajstić information content (AvgIpc) is 2.61. The number of nitrogens with one attached hydrogen (secondary N) is 1. The summed E-state index contributed by atoms with van der Waals surface area (Å²) in [4.78, 5) is 0. The van der Waals surface area contributed by atoms with Gasteiger partial charge in [0.1, 0.15) is 6.17 Å². The summed E-state index contributed by atoms with van der Waals surface area (Å²) in [6.45, 7) is 6.83. The SMILES string of the molecule is CC(C)c1cc2c(cc1[C@H](C)F)CCN2. The second-order valence-electron chi connectivity index (χ2n) is 4.59. The zero-order valence-corrected chi connectivity index (χ0v) is 9.60. The number of anilines is 1. The Morgan fingerprint density at radius 2 is 1.93 bits per heavy atom. The van der Waals surface area contributed by atoms with E-state index >= 15 is 0 Å². The van der Waals surface area contributed by atoms with Gasteiger partial charge in [-0.3, -0.25) is 0 Å². The van der Waals surface area contributed by atoms with Crippen LogP contribution in [0.25, 0.3) is 0 Å². The fourth-order valence-electron chi connectivity index (χ4n) is 2.23. The standard InChI is InChI=1S/C13H18FN/c1-8(2)11-7-13-10(4-5-15-13)6-12(11)9(3)14/h6-9,15H,4-5H2,1-3H3/t9-/m0/s1. The normalized spacial score (nSPS) is 16.3. The fraction of sp³-hybridized carbons (Fsp3) is 0.538. The van der Waals surface area contributed by atoms with Crippen LogP contribution in [0, 0.1) is 0 Å². The van der Waals surface area contributed by atoms with Crippen LogP contribution in [0.15, 0.2) is 12.1 Å². The maximum Gasteiger partial charge on any atom is 0.123 e. The molecule has 0 spiro atoms. The lowest BCUT2D eigenvalue weighted by Gasteiger charge is -2.16. The monoisotopic (exact) mass is 207 g/mol. The number of hydrogen-bond donors (Lipinski definition) is 1. The molecular formula is C13H18FN. The van der Waals surface area contributed by atoms with Gasteiger partial charge in [0, 0.05) is 12.2 Å². The van der Waals surface area contributed by atoms with Crippen LogP contribution in [0.3, 0.4) is 0 Å². The van der Waals surface area contributed by atoms with Gasteiger partial charge in [0.2, 0.25) is 0 Å². The molecule has 15 heavy (non-hydrogen) atoms. The Morgan fingerprint density at radius 3 is 2.53 bits per heavy atom. The van der Waals surface area contributed by atoms with E-state index in [4.69, 9.17) is 0 Å². The highest BCUT2D eigenvalue weighted by Gasteiger charge is 2.18. The minimum absolute atomic E-state index is 0.380. The van der Waals surface area contributed by atoms with Crippen LogP contribution in [0.5, 0.6) is 0 Å². The summed E-state index contributed by atoms with van der Waals surface area (Å²) in [5.74, 6) is 0.380. The van der Waals surface area contributed by atoms with Crippen LogP contribution in [0.4, 0.5) is 10.1 Å². The molecule has 82 valence electrons. The molecule has 0 bridgehead atoms. The van der Waals surface area contributed by atoms with Crippen molar-refractivity contribution in [2.24, 2.45) is 0 Å². The molecule has 1 aliphatic heterocycles. The first kappa shape index (κ1) is 10.5. The van der Waals surface area contributed by atoms with Gasteiger partial charge in [-0.25, -0.2) is 4.39 Å². The van der Waals surface area contributed by atoms with Crippen LogP contribution >= 0.6 is 0 Å². The van der Waals surface area contributed by atoms with Gasteiger partial charge in [0.05, 0.1) is 0 Å². The Hall–Kier alpha value is -1.05. The first-order valence-electron chi connectivity index (χ1n) is 5.64. The molecule has 1 nitrogen and oxygen atoms in total. The fourth-order valence-corrected chi connectivity index (χ4v) is 2.23. The van der Waals surface area contributed by atoms with Gasteiger partial charge in [-0.15, -0.1) is 0 Å². The third-order valence-corrected chi connectivity index (χ3v) is 3.07. The molecule has 1 N–H and O–H groups in total. The van der Waals surface area contributed by atoms with Gasteiger partial charge >= 0.3 is 0 Å². The molecule has 0 unspecified atom stereocenters. The lowest BCUT2D eigenvalue weighted by Crippen LogP contribution is -1.99. The number of rotatable bonds is 2. The van der Waals surface area contributed by atoms with Gasteiger partial charge in [-0.1, -0.05) is 19.9 Å². The van der Waals surface area contributed by atoms with Gasteiger partial charge in [0.25, 0.3) is 0 Å². The van der Waals surface area contributed by atoms with E-state index in [-0.39, 0.29) is 0 Å². The molecule has 2 rings (SSSR count). The maximum atomic E-state index is 13.5. The van der Waals surface area contributed by atoms with E-state index in [1.807, 2.05) is 6.07 Å². The number of halogens is 1. The van der Waals surface area contributed by atoms with Crippen LogP contribution in [0.1, 0.15) is 49.6 Å². The zero-order chi connectivity index (χ0) is 11.0. The molecule has 0 amide bonds. The van der Waals surface area contributed by atoms with E-state index < -0.39 is 6.17 Å². The maximum absolute atomic E-state index is 13.5. The first-order valence-corrected chi connectivity index (χ1v) is 5.64. The molecule has 0 saturated carbocycles. The zero-order valence-electron chi connectivity index (χ0n) is 9.60. The third-order valence-electron chi connectivity index (χ3n) is 3.07. The van der Waals surface area contributed by atoms with E-state index in [1.165, 1.54) is 11.3 Å². The Kier molecular flexibility index (Phi) is 2.68. The Balaban J connectivity index is 2.52. The molecule has 1 aromatic rings. The molecule has 0 aliphatic carbocycles. The van der Waals surface area contributed by atoms with Crippen molar-refractivity contribution in [3.63, 3.8) is 0 Å². The summed E-state index contributed by atoms with van der Waals surface area (Å²) >= 11 is 0. The molecular weight excluding hydrogens is 189 g/mol. The summed E-state index contributed by atoms with van der Waals surface area (Å²) in [6, 6.07) is 4.16. The minimum atomic E-state index is -0.867. The van der Waals surface area contributed by atoms with Crippen LogP contribution in [-0.2, 0) is 6.42 Å². The molecule has 1 aromatic carbocycles. The Morgan fingerprint density at radius 1 is 1.20 bits per heavy atom. The summed E-state index contributed by atoms with van der Waals surface area (Å²) in [6.07, 6.45) is 0.154. The van der Waals surface area contributed by atoms with Gasteiger partial charge < -0.3 is 5.32 Å². The second kappa shape index (κ2) is 3.84. The summed E-state index contributed by atoms with van der Waals surface area (Å²) < 4.78 is 13.5. The molecule has 1 atom stereocenters. The molecule has 0 radical (unpaired) electrons. The lowest BCUT2D eigenvalue weighted by atomic mass is 9.92. The van der Waals surface area contributed by atoms with E-state index in [0.29, 0.717) is 5.92 Å². The average molecular weight is 207 g/mol. The molecule has 0 fully saturated rings. The molecule has 2 heteroatoms. The van der Waals surface area contributed by atoms with Crippen molar-refractivity contribution in [1.82, 2.24) is 0 Å². The van der Waals surface area contributed by atoms with E-state index in [0.717, 1.165) is 24.1 Å². The summed E-state index contributed by atoms with van der Waals surface area (Å²) in [7, 11) is 0. The Labute approximate surface area is 90.7 Å². The van der Waals surface area contributed by atoms with Crippen molar-refractivity contribution in [3.05, 3.63) is 28.8 Å². The number of hydrogen-bond acceptors (Lipinski definition) is 1. The summed E-state index contributed by atoms with van der Waals surface area (Å²) in [5.41, 5.74) is 4.47. The number of fused-ring (bicyclic) bond motifs is 1. The smallest absolute Gasteiger partial charge is 0.123 e. The van der Waals surface area contributed by atoms with E-state index in [9.17, 15) is 4.39 Å². The number of benzene rings is 1. The second-order valence-corrected chi connectivity index (χ2v) is 4.59. The van der Waals surface area contributed by atoms with Crippen molar-refractivity contribution in [2.45, 2.75) is 39.3 Å².